The number of amides is 1. The highest BCUT2D eigenvalue weighted by molar-refractivity contribution is 8.00. The summed E-state index contributed by atoms with van der Waals surface area (Å²) in [5, 5.41) is 14.1. The summed E-state index contributed by atoms with van der Waals surface area (Å²) in [6.07, 6.45) is 0.0775. The Bertz CT molecular complexity index is 1340. The Hall–Kier alpha value is -3.15. The van der Waals surface area contributed by atoms with Gasteiger partial charge in [-0.05, 0) is 45.0 Å². The molecule has 1 N–H and O–H groups in total. The molecule has 4 rings (SSSR count). The van der Waals surface area contributed by atoms with E-state index in [2.05, 4.69) is 51.7 Å². The molecule has 0 fully saturated rings. The number of thioether (sulfide) groups is 2. The molecule has 1 atom stereocenters. The molecule has 0 aliphatic heterocycles. The normalized spacial score (nSPS) is 11.8. The van der Waals surface area contributed by atoms with Gasteiger partial charge in [-0.3, -0.25) is 14.2 Å². The van der Waals surface area contributed by atoms with Gasteiger partial charge in [-0.25, -0.2) is 4.98 Å². The Morgan fingerprint density at radius 1 is 1.11 bits per heavy atom. The fourth-order valence-electron chi connectivity index (χ4n) is 3.31. The number of aromatic nitrogens is 4. The first kappa shape index (κ1) is 26.9. The van der Waals surface area contributed by atoms with Crippen LogP contribution in [0.25, 0.3) is 5.69 Å². The third kappa shape index (κ3) is 7.43. The molecule has 2 heterocycles. The number of carbonyl (C=O) groups is 2. The van der Waals surface area contributed by atoms with Crippen LogP contribution in [-0.4, -0.2) is 43.5 Å². The van der Waals surface area contributed by atoms with Gasteiger partial charge in [-0.1, -0.05) is 47.7 Å². The molecule has 0 aliphatic carbocycles. The highest BCUT2D eigenvalue weighted by atomic mass is 32.2. The number of thiazole rings is 1. The number of aryl methyl sites for hydroxylation is 1. The number of para-hydroxylation sites is 1. The van der Waals surface area contributed by atoms with Crippen LogP contribution in [0.2, 0.25) is 0 Å². The molecule has 0 aliphatic rings. The fraction of sp³-hybridized carbons (Fsp3) is 0.269. The summed E-state index contributed by atoms with van der Waals surface area (Å²) in [4.78, 5) is 30.1. The Morgan fingerprint density at radius 2 is 1.86 bits per heavy atom. The van der Waals surface area contributed by atoms with Crippen LogP contribution < -0.4 is 5.32 Å². The van der Waals surface area contributed by atoms with Gasteiger partial charge in [0, 0.05) is 16.0 Å². The smallest absolute Gasteiger partial charge is 0.311 e. The number of nitrogens with zero attached hydrogens (tertiary/aromatic N) is 4. The van der Waals surface area contributed by atoms with E-state index < -0.39 is 5.25 Å². The molecule has 4 aromatic rings. The van der Waals surface area contributed by atoms with Crippen LogP contribution in [0.3, 0.4) is 0 Å². The molecular weight excluding hydrogens is 527 g/mol. The molecule has 2 aromatic heterocycles. The lowest BCUT2D eigenvalue weighted by Gasteiger charge is -2.13. The molecule has 1 amide bonds. The van der Waals surface area contributed by atoms with Gasteiger partial charge in [0.25, 0.3) is 0 Å². The van der Waals surface area contributed by atoms with Crippen LogP contribution in [0.1, 0.15) is 30.9 Å². The van der Waals surface area contributed by atoms with E-state index in [0.717, 1.165) is 16.4 Å². The van der Waals surface area contributed by atoms with Crippen LogP contribution >= 0.6 is 34.9 Å². The Labute approximate surface area is 228 Å². The Kier molecular flexibility index (Phi) is 9.37. The number of ether oxygens (including phenoxy) is 1. The van der Waals surface area contributed by atoms with E-state index in [9.17, 15) is 9.59 Å². The molecule has 0 spiro atoms. The molecule has 0 bridgehead atoms. The van der Waals surface area contributed by atoms with Gasteiger partial charge in [0.05, 0.1) is 29.7 Å². The number of rotatable bonds is 11. The molecular formula is C26H27N5O3S3. The minimum Gasteiger partial charge on any atom is -0.466 e. The van der Waals surface area contributed by atoms with Gasteiger partial charge in [-0.2, -0.15) is 0 Å². The van der Waals surface area contributed by atoms with Crippen molar-refractivity contribution in [2.24, 2.45) is 0 Å². The van der Waals surface area contributed by atoms with Crippen molar-refractivity contribution < 1.29 is 14.3 Å². The summed E-state index contributed by atoms with van der Waals surface area (Å²) in [7, 11) is 0. The highest BCUT2D eigenvalue weighted by Gasteiger charge is 2.22. The summed E-state index contributed by atoms with van der Waals surface area (Å²) in [6.45, 7) is 5.96. The van der Waals surface area contributed by atoms with Crippen molar-refractivity contribution in [2.45, 2.75) is 48.2 Å². The molecule has 37 heavy (non-hydrogen) atoms. The van der Waals surface area contributed by atoms with Crippen molar-refractivity contribution >= 4 is 51.9 Å². The lowest BCUT2D eigenvalue weighted by atomic mass is 10.2. The van der Waals surface area contributed by atoms with Crippen LogP contribution in [0.15, 0.2) is 70.0 Å². The molecule has 2 aromatic carbocycles. The number of esters is 1. The molecule has 0 saturated carbocycles. The van der Waals surface area contributed by atoms with E-state index in [0.29, 0.717) is 28.3 Å². The topological polar surface area (TPSA) is 99.0 Å². The average molecular weight is 554 g/mol. The van der Waals surface area contributed by atoms with Gasteiger partial charge in [0.15, 0.2) is 10.3 Å². The first-order valence-electron chi connectivity index (χ1n) is 11.7. The summed E-state index contributed by atoms with van der Waals surface area (Å²) in [6, 6.07) is 18.3. The number of carbonyl (C=O) groups excluding carboxylic acids is 2. The zero-order valence-corrected chi connectivity index (χ0v) is 23.2. The van der Waals surface area contributed by atoms with Crippen molar-refractivity contribution in [3.8, 4) is 5.69 Å². The van der Waals surface area contributed by atoms with Crippen LogP contribution in [0.4, 0.5) is 5.13 Å². The number of hydrogen-bond acceptors (Lipinski definition) is 9. The monoisotopic (exact) mass is 553 g/mol. The molecule has 8 nitrogen and oxygen atoms in total. The molecule has 11 heteroatoms. The standard InChI is InChI=1S/C26H27N5O3S3/c1-4-34-23(32)14-19-15-36-25(27-19)28-24(33)18(3)37-26-30-29-22(31(26)20-8-6-5-7-9-20)16-35-21-12-10-17(2)11-13-21/h5-13,15,18H,4,14,16H2,1-3H3,(H,27,28,33). The van der Waals surface area contributed by atoms with Crippen molar-refractivity contribution in [2.75, 3.05) is 11.9 Å². The maximum Gasteiger partial charge on any atom is 0.311 e. The number of hydrogen-bond donors (Lipinski definition) is 1. The van der Waals surface area contributed by atoms with Crippen LogP contribution in [0, 0.1) is 6.92 Å². The minimum absolute atomic E-state index is 0.0775. The lowest BCUT2D eigenvalue weighted by molar-refractivity contribution is -0.142. The predicted molar refractivity (Wildman–Crippen MR) is 148 cm³/mol. The minimum atomic E-state index is -0.457. The van der Waals surface area contributed by atoms with Crippen molar-refractivity contribution in [1.82, 2.24) is 19.7 Å². The maximum absolute atomic E-state index is 12.9. The number of anilines is 1. The molecule has 192 valence electrons. The van der Waals surface area contributed by atoms with E-state index in [4.69, 9.17) is 4.74 Å². The van der Waals surface area contributed by atoms with Gasteiger partial charge >= 0.3 is 5.97 Å². The zero-order chi connectivity index (χ0) is 26.2. The van der Waals surface area contributed by atoms with E-state index in [1.165, 1.54) is 28.7 Å². The zero-order valence-electron chi connectivity index (χ0n) is 20.7. The molecule has 1 unspecified atom stereocenters. The fourth-order valence-corrected chi connectivity index (χ4v) is 5.72. The average Bonchev–Trinajstić information content (AvgIpc) is 3.50. The number of benzene rings is 2. The summed E-state index contributed by atoms with van der Waals surface area (Å²) in [5.41, 5.74) is 2.72. The highest BCUT2D eigenvalue weighted by Crippen LogP contribution is 2.30. The van der Waals surface area contributed by atoms with Gasteiger partial charge < -0.3 is 10.1 Å². The summed E-state index contributed by atoms with van der Waals surface area (Å²) >= 11 is 4.30. The third-order valence-electron chi connectivity index (χ3n) is 5.17. The summed E-state index contributed by atoms with van der Waals surface area (Å²) < 4.78 is 6.95. The Balaban J connectivity index is 1.45. The van der Waals surface area contributed by atoms with Crippen LogP contribution in [-0.2, 0) is 26.5 Å². The molecule has 0 saturated heterocycles. The first-order valence-corrected chi connectivity index (χ1v) is 14.4. The van der Waals surface area contributed by atoms with Gasteiger partial charge in [0.2, 0.25) is 5.91 Å². The van der Waals surface area contributed by atoms with Crippen molar-refractivity contribution in [3.05, 3.63) is 77.1 Å². The van der Waals surface area contributed by atoms with E-state index in [1.54, 1.807) is 24.1 Å². The van der Waals surface area contributed by atoms with Crippen LogP contribution in [0.5, 0.6) is 0 Å². The van der Waals surface area contributed by atoms with E-state index in [1.807, 2.05) is 41.8 Å². The maximum atomic E-state index is 12.9. The predicted octanol–water partition coefficient (Wildman–Crippen LogP) is 5.55. The van der Waals surface area contributed by atoms with Crippen molar-refractivity contribution in [3.63, 3.8) is 0 Å². The van der Waals surface area contributed by atoms with Crippen molar-refractivity contribution in [1.29, 1.82) is 0 Å². The van der Waals surface area contributed by atoms with E-state index in [-0.39, 0.29) is 18.3 Å². The lowest BCUT2D eigenvalue weighted by Crippen LogP contribution is -2.23. The number of nitrogens with one attached hydrogen (secondary N) is 1. The van der Waals surface area contributed by atoms with E-state index >= 15 is 0 Å². The second-order valence-corrected chi connectivity index (χ2v) is 11.3. The second-order valence-electron chi connectivity index (χ2n) is 8.05. The SMILES string of the molecule is CCOC(=O)Cc1csc(NC(=O)C(C)Sc2nnc(CSc3ccc(C)cc3)n2-c2ccccc2)n1. The van der Waals surface area contributed by atoms with Gasteiger partial charge in [-0.15, -0.1) is 33.3 Å². The largest absolute Gasteiger partial charge is 0.466 e. The molecule has 0 radical (unpaired) electrons. The summed E-state index contributed by atoms with van der Waals surface area (Å²) in [5.74, 6) is 0.885. The first-order chi connectivity index (χ1) is 17.9. The quantitative estimate of drug-likeness (QED) is 0.191. The second kappa shape index (κ2) is 12.9. The Morgan fingerprint density at radius 3 is 2.59 bits per heavy atom. The van der Waals surface area contributed by atoms with Gasteiger partial charge in [0.1, 0.15) is 5.82 Å². The third-order valence-corrected chi connectivity index (χ3v) is 8.03.